The predicted molar refractivity (Wildman–Crippen MR) is 90.0 cm³/mol. The Balaban J connectivity index is 1.99. The number of aliphatic hydroxyl groups excluding tert-OH is 2. The number of nitrogens with zero attached hydrogens (tertiary/aromatic N) is 1. The molecule has 0 aliphatic carbocycles. The molecule has 8 heteroatoms. The number of hydrogen-bond donors (Lipinski definition) is 5. The van der Waals surface area contributed by atoms with Crippen molar-refractivity contribution in [1.82, 2.24) is 10.2 Å². The molecule has 0 spiro atoms. The number of likely N-dealkylation sites (tertiary alicyclic amines) is 1. The minimum absolute atomic E-state index is 0.0821. The molecule has 2 unspecified atom stereocenters. The summed E-state index contributed by atoms with van der Waals surface area (Å²) >= 11 is 1.67. The molecule has 0 aromatic heterocycles. The Kier molecular flexibility index (Phi) is 6.30. The lowest BCUT2D eigenvalue weighted by Crippen LogP contribution is -2.45. The number of aliphatic hydroxyl groups is 2. The highest BCUT2D eigenvalue weighted by molar-refractivity contribution is 8.00. The highest BCUT2D eigenvalue weighted by Crippen LogP contribution is 2.36. The van der Waals surface area contributed by atoms with E-state index in [0.717, 1.165) is 19.5 Å². The summed E-state index contributed by atoms with van der Waals surface area (Å²) in [6, 6.07) is -0.853. The van der Waals surface area contributed by atoms with Gasteiger partial charge in [-0.1, -0.05) is 0 Å². The van der Waals surface area contributed by atoms with Crippen molar-refractivity contribution in [3.8, 4) is 0 Å². The molecule has 0 radical (unpaired) electrons. The highest BCUT2D eigenvalue weighted by Gasteiger charge is 2.44. The third-order valence-corrected chi connectivity index (χ3v) is 6.44. The van der Waals surface area contributed by atoms with Crippen molar-refractivity contribution < 1.29 is 20.1 Å². The van der Waals surface area contributed by atoms with Gasteiger partial charge in [-0.3, -0.25) is 10.2 Å². The summed E-state index contributed by atoms with van der Waals surface area (Å²) < 4.78 is 0. The summed E-state index contributed by atoms with van der Waals surface area (Å²) in [6.45, 7) is 4.87. The summed E-state index contributed by atoms with van der Waals surface area (Å²) in [4.78, 5) is 13.6. The number of nitrogens with one attached hydrogen (secondary N) is 2. The molecule has 0 saturated carbocycles. The number of aliphatic carboxylic acids is 1. The monoisotopic (exact) mass is 345 g/mol. The van der Waals surface area contributed by atoms with Crippen LogP contribution in [0, 0.1) is 11.3 Å². The number of carbonyl (C=O) groups is 1. The van der Waals surface area contributed by atoms with Gasteiger partial charge < -0.3 is 25.5 Å². The van der Waals surface area contributed by atoms with E-state index in [1.807, 2.05) is 4.90 Å². The van der Waals surface area contributed by atoms with Gasteiger partial charge in [0.15, 0.2) is 0 Å². The molecule has 2 fully saturated rings. The zero-order chi connectivity index (χ0) is 17.1. The molecule has 0 aromatic rings. The van der Waals surface area contributed by atoms with Gasteiger partial charge in [0.05, 0.1) is 11.9 Å². The van der Waals surface area contributed by atoms with E-state index in [2.05, 4.69) is 5.32 Å². The second-order valence-corrected chi connectivity index (χ2v) is 8.07. The van der Waals surface area contributed by atoms with Gasteiger partial charge >= 0.3 is 5.97 Å². The van der Waals surface area contributed by atoms with Gasteiger partial charge in [0.2, 0.25) is 0 Å². The van der Waals surface area contributed by atoms with Gasteiger partial charge in [-0.05, 0) is 26.7 Å². The Bertz CT molecular complexity index is 448. The molecule has 0 aromatic carbocycles. The number of hydrogen-bond acceptors (Lipinski definition) is 6. The van der Waals surface area contributed by atoms with Crippen LogP contribution in [0.2, 0.25) is 0 Å². The Hall–Kier alpha value is -0.830. The Morgan fingerprint density at radius 3 is 2.70 bits per heavy atom. The van der Waals surface area contributed by atoms with E-state index in [1.165, 1.54) is 0 Å². The van der Waals surface area contributed by atoms with Gasteiger partial charge in [-0.15, -0.1) is 0 Å². The largest absolute Gasteiger partial charge is 0.480 e. The lowest BCUT2D eigenvalue weighted by molar-refractivity contribution is -0.139. The maximum atomic E-state index is 11.5. The van der Waals surface area contributed by atoms with Crippen LogP contribution in [-0.2, 0) is 4.79 Å². The minimum atomic E-state index is -0.884. The Morgan fingerprint density at radius 1 is 1.52 bits per heavy atom. The van der Waals surface area contributed by atoms with E-state index >= 15 is 0 Å². The van der Waals surface area contributed by atoms with E-state index in [9.17, 15) is 20.1 Å². The molecule has 5 N–H and O–H groups in total. The van der Waals surface area contributed by atoms with Crippen LogP contribution in [0.3, 0.4) is 0 Å². The number of rotatable bonds is 6. The summed E-state index contributed by atoms with van der Waals surface area (Å²) in [5, 5.41) is 39.7. The van der Waals surface area contributed by atoms with Crippen LogP contribution in [0.15, 0.2) is 0 Å². The van der Waals surface area contributed by atoms with E-state index in [0.29, 0.717) is 17.5 Å². The smallest absolute Gasteiger partial charge is 0.321 e. The molecule has 0 bridgehead atoms. The van der Waals surface area contributed by atoms with Gasteiger partial charge in [0, 0.05) is 42.2 Å². The second-order valence-electron chi connectivity index (χ2n) is 6.53. The topological polar surface area (TPSA) is 117 Å². The molecule has 2 aliphatic rings. The van der Waals surface area contributed by atoms with Gasteiger partial charge in [-0.25, -0.2) is 0 Å². The number of carboxylic acid groups (broad SMARTS) is 1. The first-order valence-corrected chi connectivity index (χ1v) is 9.01. The maximum Gasteiger partial charge on any atom is 0.321 e. The highest BCUT2D eigenvalue weighted by atomic mass is 32.2. The van der Waals surface area contributed by atoms with Crippen molar-refractivity contribution in [1.29, 1.82) is 5.41 Å². The molecule has 2 saturated heterocycles. The molecule has 132 valence electrons. The number of thioether (sulfide) groups is 1. The summed E-state index contributed by atoms with van der Waals surface area (Å²) in [6.07, 6.45) is 0.893. The van der Waals surface area contributed by atoms with Crippen molar-refractivity contribution in [2.45, 2.75) is 55.4 Å². The predicted octanol–water partition coefficient (Wildman–Crippen LogP) is -0.0359. The fraction of sp³-hybridized carbons (Fsp3) is 0.867. The zero-order valence-electron chi connectivity index (χ0n) is 13.6. The molecular weight excluding hydrogens is 318 g/mol. The van der Waals surface area contributed by atoms with E-state index in [1.54, 1.807) is 25.6 Å². The van der Waals surface area contributed by atoms with E-state index in [-0.39, 0.29) is 23.8 Å². The van der Waals surface area contributed by atoms with Gasteiger partial charge in [-0.2, -0.15) is 11.8 Å². The minimum Gasteiger partial charge on any atom is -0.480 e. The lowest BCUT2D eigenvalue weighted by atomic mass is 9.94. The molecule has 23 heavy (non-hydrogen) atoms. The fourth-order valence-corrected chi connectivity index (χ4v) is 5.13. The van der Waals surface area contributed by atoms with Crippen LogP contribution in [0.1, 0.15) is 26.7 Å². The molecule has 2 rings (SSSR count). The maximum absolute atomic E-state index is 11.5. The van der Waals surface area contributed by atoms with Crippen molar-refractivity contribution in [3.05, 3.63) is 0 Å². The second kappa shape index (κ2) is 7.83. The fourth-order valence-electron chi connectivity index (χ4n) is 3.46. The third-order valence-electron chi connectivity index (χ3n) is 4.85. The van der Waals surface area contributed by atoms with Crippen LogP contribution < -0.4 is 5.32 Å². The summed E-state index contributed by atoms with van der Waals surface area (Å²) in [5.41, 5.74) is 0. The standard InChI is InChI=1S/C15H27N3O4S/c1-8(20)11(7-19)12-5-13(14(17-12)15(21)22)23-10-3-4-18(6-10)9(2)16/h8,10-14,16-17,19-20H,3-7H2,1-2H3,(H,21,22)/t8-,10-,11-,12-,13?,14?/m1/s1. The van der Waals surface area contributed by atoms with Crippen LogP contribution in [0.25, 0.3) is 0 Å². The molecule has 2 aliphatic heterocycles. The van der Waals surface area contributed by atoms with Crippen molar-refractivity contribution in [2.24, 2.45) is 5.92 Å². The average molecular weight is 345 g/mol. The summed E-state index contributed by atoms with van der Waals surface area (Å²) in [7, 11) is 0. The summed E-state index contributed by atoms with van der Waals surface area (Å²) in [5.74, 6) is -0.684. The van der Waals surface area contributed by atoms with Gasteiger partial charge in [0.1, 0.15) is 6.04 Å². The van der Waals surface area contributed by atoms with Crippen molar-refractivity contribution in [3.63, 3.8) is 0 Å². The van der Waals surface area contributed by atoms with E-state index < -0.39 is 18.1 Å². The lowest BCUT2D eigenvalue weighted by Gasteiger charge is -2.24. The molecule has 7 nitrogen and oxygen atoms in total. The van der Waals surface area contributed by atoms with Crippen LogP contribution in [0.4, 0.5) is 0 Å². The molecule has 0 amide bonds. The first-order valence-electron chi connectivity index (χ1n) is 8.06. The molecule has 6 atom stereocenters. The van der Waals surface area contributed by atoms with Crippen molar-refractivity contribution >= 4 is 23.6 Å². The number of amidine groups is 1. The van der Waals surface area contributed by atoms with Crippen LogP contribution >= 0.6 is 11.8 Å². The molecule has 2 heterocycles. The SMILES string of the molecule is CC(=N)N1CC[C@@H](SC2C[C@H]([C@H](CO)[C@@H](C)O)NC2C(=O)O)C1. The quantitative estimate of drug-likeness (QED) is 0.339. The first kappa shape index (κ1) is 18.5. The van der Waals surface area contributed by atoms with Crippen LogP contribution in [-0.4, -0.2) is 80.4 Å². The van der Waals surface area contributed by atoms with Crippen LogP contribution in [0.5, 0.6) is 0 Å². The average Bonchev–Trinajstić information content (AvgIpc) is 3.07. The first-order chi connectivity index (χ1) is 10.8. The van der Waals surface area contributed by atoms with Crippen molar-refractivity contribution in [2.75, 3.05) is 19.7 Å². The third kappa shape index (κ3) is 4.37. The zero-order valence-corrected chi connectivity index (χ0v) is 14.4. The Labute approximate surface area is 140 Å². The number of carboxylic acids is 1. The normalized spacial score (nSPS) is 33.7. The van der Waals surface area contributed by atoms with Gasteiger partial charge in [0.25, 0.3) is 0 Å². The Morgan fingerprint density at radius 2 is 2.22 bits per heavy atom. The molecular formula is C15H27N3O4S. The van der Waals surface area contributed by atoms with E-state index in [4.69, 9.17) is 5.41 Å².